The number of hydrogen-bond acceptors (Lipinski definition) is 6. The quantitative estimate of drug-likeness (QED) is 0.0272. The largest absolute Gasteiger partial charge is 0.756 e. The number of aliphatic hydroxyl groups is 1. The molecule has 0 bridgehead atoms. The number of quaternary nitrogens is 1. The first-order chi connectivity index (χ1) is 38.5. The van der Waals surface area contributed by atoms with E-state index in [0.717, 1.165) is 96.3 Å². The van der Waals surface area contributed by atoms with Gasteiger partial charge in [-0.25, -0.2) is 0 Å². The summed E-state index contributed by atoms with van der Waals surface area (Å²) in [6, 6.07) is -0.901. The zero-order valence-electron chi connectivity index (χ0n) is 52.3. The third-order valence-electron chi connectivity index (χ3n) is 14.5. The van der Waals surface area contributed by atoms with Gasteiger partial charge >= 0.3 is 0 Å². The maximum atomic E-state index is 13.0. The van der Waals surface area contributed by atoms with Crippen molar-refractivity contribution >= 4 is 13.7 Å². The van der Waals surface area contributed by atoms with Gasteiger partial charge < -0.3 is 28.8 Å². The van der Waals surface area contributed by atoms with Crippen molar-refractivity contribution in [2.24, 2.45) is 0 Å². The van der Waals surface area contributed by atoms with E-state index in [9.17, 15) is 19.4 Å². The number of allylic oxidation sites excluding steroid dienone is 15. The molecule has 0 fully saturated rings. The van der Waals surface area contributed by atoms with Crippen LogP contribution >= 0.6 is 7.82 Å². The second-order valence-electron chi connectivity index (χ2n) is 23.4. The van der Waals surface area contributed by atoms with Crippen LogP contribution in [0.1, 0.15) is 290 Å². The number of nitrogens with zero attached hydrogens (tertiary/aromatic N) is 1. The summed E-state index contributed by atoms with van der Waals surface area (Å²) < 4.78 is 23.4. The molecule has 2 N–H and O–H groups in total. The molecule has 0 aromatic carbocycles. The molecule has 0 aromatic rings. The number of aliphatic hydroxyl groups excluding tert-OH is 1. The number of hydrogen-bond donors (Lipinski definition) is 2. The highest BCUT2D eigenvalue weighted by Crippen LogP contribution is 2.38. The van der Waals surface area contributed by atoms with Gasteiger partial charge in [0, 0.05) is 6.42 Å². The lowest BCUT2D eigenvalue weighted by Crippen LogP contribution is -2.45. The van der Waals surface area contributed by atoms with E-state index in [0.29, 0.717) is 17.4 Å². The summed E-state index contributed by atoms with van der Waals surface area (Å²) in [4.78, 5) is 25.6. The summed E-state index contributed by atoms with van der Waals surface area (Å²) in [7, 11) is 1.25. The molecule has 458 valence electrons. The van der Waals surface area contributed by atoms with Crippen molar-refractivity contribution < 1.29 is 32.9 Å². The van der Waals surface area contributed by atoms with Gasteiger partial charge in [0.1, 0.15) is 13.2 Å². The maximum Gasteiger partial charge on any atom is 0.268 e. The Morgan fingerprint density at radius 1 is 0.456 bits per heavy atom. The van der Waals surface area contributed by atoms with Gasteiger partial charge in [-0.3, -0.25) is 9.36 Å². The van der Waals surface area contributed by atoms with E-state index in [4.69, 9.17) is 9.05 Å². The molecule has 0 saturated carbocycles. The van der Waals surface area contributed by atoms with E-state index in [1.165, 1.54) is 173 Å². The van der Waals surface area contributed by atoms with Gasteiger partial charge in [0.25, 0.3) is 7.82 Å². The number of likely N-dealkylation sites (N-methyl/N-ethyl adjacent to an activating group) is 1. The summed E-state index contributed by atoms with van der Waals surface area (Å²) in [6.45, 7) is 4.55. The summed E-state index contributed by atoms with van der Waals surface area (Å²) in [5.41, 5.74) is 0. The molecular weight excluding hydrogens is 996 g/mol. The molecule has 0 aromatic heterocycles. The molecule has 8 nitrogen and oxygen atoms in total. The highest BCUT2D eigenvalue weighted by molar-refractivity contribution is 7.45. The molecule has 0 heterocycles. The predicted octanol–water partition coefficient (Wildman–Crippen LogP) is 20.3. The molecule has 0 aliphatic rings. The summed E-state index contributed by atoms with van der Waals surface area (Å²) in [5, 5.41) is 13.9. The summed E-state index contributed by atoms with van der Waals surface area (Å²) in [5.74, 6) is -0.209. The highest BCUT2D eigenvalue weighted by Gasteiger charge is 2.23. The minimum absolute atomic E-state index is 0.00777. The van der Waals surface area contributed by atoms with Crippen molar-refractivity contribution in [3.05, 3.63) is 97.2 Å². The van der Waals surface area contributed by atoms with Crippen LogP contribution in [-0.2, 0) is 18.4 Å². The van der Waals surface area contributed by atoms with Gasteiger partial charge in [0.05, 0.1) is 39.9 Å². The van der Waals surface area contributed by atoms with Gasteiger partial charge in [0.2, 0.25) is 5.91 Å². The van der Waals surface area contributed by atoms with Crippen molar-refractivity contribution in [1.82, 2.24) is 5.32 Å². The molecule has 0 aliphatic heterocycles. The Bertz CT molecular complexity index is 1610. The molecule has 0 spiro atoms. The van der Waals surface area contributed by atoms with Crippen LogP contribution in [0.4, 0.5) is 0 Å². The van der Waals surface area contributed by atoms with Crippen LogP contribution < -0.4 is 10.2 Å². The van der Waals surface area contributed by atoms with Crippen molar-refractivity contribution in [2.45, 2.75) is 302 Å². The third kappa shape index (κ3) is 62.9. The number of carbonyl (C=O) groups excluding carboxylic acids is 1. The SMILES string of the molecule is CC/C=C\C/C=C\C/C=C\C/C=C\C/C=C\C/C=C\C/C=C\CCCCCCCCCC(=O)NC(COP(=O)([O-])OCC[N+](C)(C)C)C(O)/C=C/CCCCCCCCCCCCCCCCCCCCCCCCCCCC. The molecule has 0 rings (SSSR count). The van der Waals surface area contributed by atoms with Crippen molar-refractivity contribution in [1.29, 1.82) is 0 Å². The van der Waals surface area contributed by atoms with Crippen LogP contribution in [-0.4, -0.2) is 68.5 Å². The summed E-state index contributed by atoms with van der Waals surface area (Å²) >= 11 is 0. The molecule has 3 unspecified atom stereocenters. The zero-order chi connectivity index (χ0) is 57.7. The number of phosphoric ester groups is 1. The second-order valence-corrected chi connectivity index (χ2v) is 24.9. The van der Waals surface area contributed by atoms with Crippen LogP contribution in [0.15, 0.2) is 97.2 Å². The first-order valence-electron chi connectivity index (χ1n) is 33.1. The fourth-order valence-corrected chi connectivity index (χ4v) is 10.2. The fourth-order valence-electron chi connectivity index (χ4n) is 9.43. The predicted molar refractivity (Wildman–Crippen MR) is 343 cm³/mol. The second kappa shape index (κ2) is 60.0. The Balaban J connectivity index is 4.18. The molecule has 1 amide bonds. The van der Waals surface area contributed by atoms with E-state index < -0.39 is 20.0 Å². The minimum Gasteiger partial charge on any atom is -0.756 e. The zero-order valence-corrected chi connectivity index (χ0v) is 53.2. The molecule has 0 radical (unpaired) electrons. The standard InChI is InChI=1S/C70H127N2O6P/c1-6-8-10-12-14-16-18-20-22-24-26-28-30-32-34-36-38-40-42-44-46-48-50-52-54-56-58-60-62-64-70(74)71-68(67-78-79(75,76)77-66-65-72(3,4)5)69(73)63-61-59-57-55-53-51-49-47-45-43-41-39-37-35-33-31-29-27-25-23-21-19-17-15-13-11-9-7-2/h8,10,14,16,20,22,26,28,32,34,38,40,44,46,61,63,68-69,73H,6-7,9,11-13,15,17-19,21,23-25,27,29-31,33,35-37,39,41-43,45,47-60,62,64-67H2,1-5H3,(H-,71,74,75,76)/b10-8-,16-14-,22-20-,28-26-,34-32-,40-38-,46-44-,63-61+. The number of phosphoric acid groups is 1. The average molecular weight is 1120 g/mol. The van der Waals surface area contributed by atoms with E-state index in [1.807, 2.05) is 27.2 Å². The van der Waals surface area contributed by atoms with E-state index in [1.54, 1.807) is 6.08 Å². The maximum absolute atomic E-state index is 13.0. The number of nitrogens with one attached hydrogen (secondary N) is 1. The lowest BCUT2D eigenvalue weighted by atomic mass is 10.0. The average Bonchev–Trinajstić information content (AvgIpc) is 3.42. The van der Waals surface area contributed by atoms with Crippen LogP contribution in [0.2, 0.25) is 0 Å². The van der Waals surface area contributed by atoms with Crippen molar-refractivity contribution in [3.63, 3.8) is 0 Å². The molecular formula is C70H127N2O6P. The van der Waals surface area contributed by atoms with Gasteiger partial charge in [-0.15, -0.1) is 0 Å². The first kappa shape index (κ1) is 76.4. The number of amides is 1. The number of unbranched alkanes of at least 4 members (excludes halogenated alkanes) is 33. The van der Waals surface area contributed by atoms with E-state index in [2.05, 4.69) is 104 Å². The Morgan fingerprint density at radius 2 is 0.772 bits per heavy atom. The van der Waals surface area contributed by atoms with Crippen molar-refractivity contribution in [2.75, 3.05) is 40.9 Å². The normalized spacial score (nSPS) is 14.4. The van der Waals surface area contributed by atoms with E-state index >= 15 is 0 Å². The monoisotopic (exact) mass is 1120 g/mol. The Hall–Kier alpha value is -2.58. The third-order valence-corrected chi connectivity index (χ3v) is 15.5. The number of carbonyl (C=O) groups is 1. The topological polar surface area (TPSA) is 108 Å². The van der Waals surface area contributed by atoms with Gasteiger partial charge in [-0.2, -0.15) is 0 Å². The molecule has 79 heavy (non-hydrogen) atoms. The van der Waals surface area contributed by atoms with E-state index in [-0.39, 0.29) is 19.1 Å². The van der Waals surface area contributed by atoms with Gasteiger partial charge in [-0.1, -0.05) is 304 Å². The Morgan fingerprint density at radius 3 is 1.13 bits per heavy atom. The van der Waals surface area contributed by atoms with Gasteiger partial charge in [-0.05, 0) is 77.0 Å². The van der Waals surface area contributed by atoms with Crippen LogP contribution in [0.5, 0.6) is 0 Å². The van der Waals surface area contributed by atoms with Crippen molar-refractivity contribution in [3.8, 4) is 0 Å². The van der Waals surface area contributed by atoms with Crippen LogP contribution in [0.25, 0.3) is 0 Å². The van der Waals surface area contributed by atoms with Gasteiger partial charge in [0.15, 0.2) is 0 Å². The Labute approximate surface area is 489 Å². The molecule has 0 saturated heterocycles. The lowest BCUT2D eigenvalue weighted by molar-refractivity contribution is -0.870. The minimum atomic E-state index is -4.61. The smallest absolute Gasteiger partial charge is 0.268 e. The fraction of sp³-hybridized carbons (Fsp3) is 0.757. The highest BCUT2D eigenvalue weighted by atomic mass is 31.2. The molecule has 3 atom stereocenters. The summed E-state index contributed by atoms with van der Waals surface area (Å²) in [6.07, 6.45) is 86.5. The molecule has 0 aliphatic carbocycles. The number of rotatable bonds is 60. The first-order valence-corrected chi connectivity index (χ1v) is 34.6. The lowest BCUT2D eigenvalue weighted by Gasteiger charge is -2.29. The van der Waals surface area contributed by atoms with Crippen LogP contribution in [0, 0.1) is 0 Å². The molecule has 9 heteroatoms. The Kier molecular flexibility index (Phi) is 58.1. The van der Waals surface area contributed by atoms with Crippen LogP contribution in [0.3, 0.4) is 0 Å².